The van der Waals surface area contributed by atoms with Crippen molar-refractivity contribution in [2.75, 3.05) is 6.54 Å². The average molecular weight is 420 g/mol. The summed E-state index contributed by atoms with van der Waals surface area (Å²) in [6.45, 7) is 6.59. The first-order valence-electron chi connectivity index (χ1n) is 10.5. The number of rotatable bonds is 6. The summed E-state index contributed by atoms with van der Waals surface area (Å²) >= 11 is 0. The lowest BCUT2D eigenvalue weighted by Gasteiger charge is -2.35. The molecule has 1 unspecified atom stereocenters. The van der Waals surface area contributed by atoms with Crippen molar-refractivity contribution in [1.29, 1.82) is 0 Å². The molecule has 2 heterocycles. The number of nitrogens with one attached hydrogen (secondary N) is 1. The lowest BCUT2D eigenvalue weighted by molar-refractivity contribution is 0.205. The van der Waals surface area contributed by atoms with Crippen LogP contribution in [0.15, 0.2) is 58.8 Å². The van der Waals surface area contributed by atoms with Gasteiger partial charge in [0, 0.05) is 17.8 Å². The maximum absolute atomic E-state index is 13.7. The number of urea groups is 1. The van der Waals surface area contributed by atoms with Crippen molar-refractivity contribution in [1.82, 2.24) is 20.4 Å². The van der Waals surface area contributed by atoms with Crippen molar-refractivity contribution in [2.45, 2.75) is 39.7 Å². The topological polar surface area (TPSA) is 71.3 Å². The second kappa shape index (κ2) is 8.71. The maximum Gasteiger partial charge on any atom is 0.322 e. The molecular formula is C24H25FN4O2. The Morgan fingerprint density at radius 2 is 1.94 bits per heavy atom. The molecule has 1 aliphatic rings. The first-order chi connectivity index (χ1) is 15.0. The van der Waals surface area contributed by atoms with E-state index in [2.05, 4.69) is 34.5 Å². The van der Waals surface area contributed by atoms with E-state index in [4.69, 9.17) is 4.52 Å². The zero-order valence-electron chi connectivity index (χ0n) is 17.9. The van der Waals surface area contributed by atoms with Crippen molar-refractivity contribution in [3.8, 4) is 11.4 Å². The summed E-state index contributed by atoms with van der Waals surface area (Å²) in [5.74, 6) is 0.239. The molecule has 4 rings (SSSR count). The number of hydrogen-bond donors (Lipinski definition) is 1. The van der Waals surface area contributed by atoms with Gasteiger partial charge in [-0.1, -0.05) is 55.4 Å². The molecule has 0 radical (unpaired) electrons. The van der Waals surface area contributed by atoms with Crippen LogP contribution in [0.5, 0.6) is 0 Å². The smallest absolute Gasteiger partial charge is 0.322 e. The van der Waals surface area contributed by atoms with Crippen LogP contribution in [-0.2, 0) is 6.42 Å². The Morgan fingerprint density at radius 3 is 2.61 bits per heavy atom. The van der Waals surface area contributed by atoms with E-state index >= 15 is 0 Å². The van der Waals surface area contributed by atoms with Crippen LogP contribution in [0.4, 0.5) is 9.18 Å². The molecule has 2 aromatic carbocycles. The number of hydrogen-bond acceptors (Lipinski definition) is 4. The van der Waals surface area contributed by atoms with Crippen LogP contribution < -0.4 is 5.32 Å². The number of nitrogens with zero attached hydrogens (tertiary/aromatic N) is 3. The van der Waals surface area contributed by atoms with Crippen LogP contribution in [0.3, 0.4) is 0 Å². The summed E-state index contributed by atoms with van der Waals surface area (Å²) in [5, 5.41) is 7.15. The Balaban J connectivity index is 1.80. The molecule has 3 aromatic rings. The molecule has 0 saturated carbocycles. The molecule has 0 fully saturated rings. The highest BCUT2D eigenvalue weighted by Crippen LogP contribution is 2.37. The zero-order chi connectivity index (χ0) is 22.0. The lowest BCUT2D eigenvalue weighted by atomic mass is 9.93. The second-order valence-corrected chi connectivity index (χ2v) is 7.56. The minimum Gasteiger partial charge on any atom is -0.334 e. The lowest BCUT2D eigenvalue weighted by Crippen LogP contribution is -2.46. The molecule has 7 heteroatoms. The van der Waals surface area contributed by atoms with Gasteiger partial charge in [0.2, 0.25) is 5.82 Å². The minimum atomic E-state index is -0.424. The van der Waals surface area contributed by atoms with Gasteiger partial charge < -0.3 is 9.84 Å². The van der Waals surface area contributed by atoms with Crippen LogP contribution in [0.25, 0.3) is 17.0 Å². The van der Waals surface area contributed by atoms with Gasteiger partial charge in [-0.25, -0.2) is 9.18 Å². The van der Waals surface area contributed by atoms with Gasteiger partial charge >= 0.3 is 6.03 Å². The number of benzene rings is 2. The summed E-state index contributed by atoms with van der Waals surface area (Å²) in [5.41, 5.74) is 4.19. The molecule has 0 saturated heterocycles. The molecule has 1 atom stereocenters. The van der Waals surface area contributed by atoms with Gasteiger partial charge in [0.1, 0.15) is 5.82 Å². The van der Waals surface area contributed by atoms with Crippen LogP contribution in [0.2, 0.25) is 0 Å². The van der Waals surface area contributed by atoms with Gasteiger partial charge in [-0.3, -0.25) is 4.90 Å². The summed E-state index contributed by atoms with van der Waals surface area (Å²) in [6.07, 6.45) is 1.75. The predicted molar refractivity (Wildman–Crippen MR) is 116 cm³/mol. The van der Waals surface area contributed by atoms with Gasteiger partial charge in [0.05, 0.1) is 11.6 Å². The van der Waals surface area contributed by atoms with Crippen molar-refractivity contribution in [3.05, 3.63) is 77.1 Å². The summed E-state index contributed by atoms with van der Waals surface area (Å²) in [6, 6.07) is 13.6. The summed E-state index contributed by atoms with van der Waals surface area (Å²) in [7, 11) is 0. The third-order valence-corrected chi connectivity index (χ3v) is 5.50. The molecule has 31 heavy (non-hydrogen) atoms. The van der Waals surface area contributed by atoms with Crippen molar-refractivity contribution in [3.63, 3.8) is 0 Å². The fourth-order valence-electron chi connectivity index (χ4n) is 3.82. The number of amides is 2. The maximum atomic E-state index is 13.7. The number of carbonyl (C=O) groups excluding carboxylic acids is 1. The first-order valence-corrected chi connectivity index (χ1v) is 10.5. The summed E-state index contributed by atoms with van der Waals surface area (Å²) in [4.78, 5) is 19.1. The first kappa shape index (κ1) is 20.8. The normalized spacial score (nSPS) is 16.6. The van der Waals surface area contributed by atoms with Gasteiger partial charge in [-0.05, 0) is 43.0 Å². The highest BCUT2D eigenvalue weighted by molar-refractivity contribution is 5.86. The molecule has 0 spiro atoms. The van der Waals surface area contributed by atoms with E-state index in [0.29, 0.717) is 23.8 Å². The molecule has 6 nitrogen and oxygen atoms in total. The Hall–Kier alpha value is -3.48. The predicted octanol–water partition coefficient (Wildman–Crippen LogP) is 5.35. The quantitative estimate of drug-likeness (QED) is 0.584. The highest BCUT2D eigenvalue weighted by Gasteiger charge is 2.35. The van der Waals surface area contributed by atoms with E-state index in [1.54, 1.807) is 17.0 Å². The molecule has 0 bridgehead atoms. The Bertz CT molecular complexity index is 1120. The number of aromatic nitrogens is 2. The second-order valence-electron chi connectivity index (χ2n) is 7.56. The van der Waals surface area contributed by atoms with Gasteiger partial charge in [-0.15, -0.1) is 0 Å². The van der Waals surface area contributed by atoms with E-state index < -0.39 is 6.04 Å². The average Bonchev–Trinajstić information content (AvgIpc) is 3.26. The van der Waals surface area contributed by atoms with E-state index in [9.17, 15) is 9.18 Å². The van der Waals surface area contributed by atoms with Crippen LogP contribution in [0.1, 0.15) is 50.3 Å². The fourth-order valence-corrected chi connectivity index (χ4v) is 3.82. The zero-order valence-corrected chi connectivity index (χ0v) is 17.9. The summed E-state index contributed by atoms with van der Waals surface area (Å²) < 4.78 is 19.3. The molecule has 0 aliphatic carbocycles. The Morgan fingerprint density at radius 1 is 1.16 bits per heavy atom. The van der Waals surface area contributed by atoms with E-state index in [0.717, 1.165) is 29.7 Å². The van der Waals surface area contributed by atoms with Gasteiger partial charge in [-0.2, -0.15) is 4.98 Å². The number of halogens is 1. The SMILES string of the molecule is CCCN1C(=O)NC(c2ccc(CC)cc2)C(c2nc(-c3cccc(F)c3)no2)=C1C. The van der Waals surface area contributed by atoms with Gasteiger partial charge in [0.25, 0.3) is 5.89 Å². The number of aryl methyl sites for hydroxylation is 1. The van der Waals surface area contributed by atoms with Crippen molar-refractivity contribution < 1.29 is 13.7 Å². The van der Waals surface area contributed by atoms with Gasteiger partial charge in [0.15, 0.2) is 0 Å². The van der Waals surface area contributed by atoms with Crippen molar-refractivity contribution in [2.24, 2.45) is 0 Å². The third kappa shape index (κ3) is 4.08. The van der Waals surface area contributed by atoms with Crippen LogP contribution >= 0.6 is 0 Å². The molecule has 1 N–H and O–H groups in total. The third-order valence-electron chi connectivity index (χ3n) is 5.50. The number of carbonyl (C=O) groups is 1. The highest BCUT2D eigenvalue weighted by atomic mass is 19.1. The van der Waals surface area contributed by atoms with Crippen LogP contribution in [-0.4, -0.2) is 27.6 Å². The van der Waals surface area contributed by atoms with Crippen molar-refractivity contribution >= 4 is 11.6 Å². The van der Waals surface area contributed by atoms with E-state index in [-0.39, 0.29) is 11.8 Å². The Kier molecular flexibility index (Phi) is 5.84. The monoisotopic (exact) mass is 420 g/mol. The molecule has 1 aromatic heterocycles. The molecule has 1 aliphatic heterocycles. The Labute approximate surface area is 180 Å². The van der Waals surface area contributed by atoms with E-state index in [1.165, 1.54) is 17.7 Å². The largest absolute Gasteiger partial charge is 0.334 e. The standard InChI is InChI=1S/C24H25FN4O2/c1-4-13-29-15(3)20(21(26-24(29)30)17-11-9-16(5-2)10-12-17)23-27-22(28-31-23)18-7-6-8-19(25)14-18/h6-12,14,21H,4-5,13H2,1-3H3,(H,26,30). The molecule has 2 amide bonds. The van der Waals surface area contributed by atoms with Crippen LogP contribution in [0, 0.1) is 5.82 Å². The molecule has 160 valence electrons. The molecular weight excluding hydrogens is 395 g/mol. The minimum absolute atomic E-state index is 0.155. The van der Waals surface area contributed by atoms with E-state index in [1.807, 2.05) is 26.0 Å². The fraction of sp³-hybridized carbons (Fsp3) is 0.292. The number of allylic oxidation sites excluding steroid dienone is 1.